The van der Waals surface area contributed by atoms with E-state index in [9.17, 15) is 13.2 Å². The van der Waals surface area contributed by atoms with Gasteiger partial charge in [-0.15, -0.1) is 0 Å². The topological polar surface area (TPSA) is 95.2 Å². The third-order valence-corrected chi connectivity index (χ3v) is 4.55. The molecular weight excluding hydrogens is 194 g/mol. The van der Waals surface area contributed by atoms with E-state index in [0.29, 0.717) is 0 Å². The van der Waals surface area contributed by atoms with Gasteiger partial charge in [-0.05, 0) is 6.42 Å². The molecule has 5 nitrogen and oxygen atoms in total. The SMILES string of the molecule is CCS(=O)(=O)[C@H]1C[C@]1(C#N)C(=O)O. The van der Waals surface area contributed by atoms with Gasteiger partial charge in [0.1, 0.15) is 0 Å². The largest absolute Gasteiger partial charge is 0.480 e. The van der Waals surface area contributed by atoms with Gasteiger partial charge < -0.3 is 5.11 Å². The summed E-state index contributed by atoms with van der Waals surface area (Å²) in [5, 5.41) is 16.2. The summed E-state index contributed by atoms with van der Waals surface area (Å²) in [4.78, 5) is 10.6. The summed E-state index contributed by atoms with van der Waals surface area (Å²) in [6.45, 7) is 1.44. The highest BCUT2D eigenvalue weighted by atomic mass is 32.2. The number of carboxylic acids is 1. The van der Waals surface area contributed by atoms with Crippen LogP contribution in [0.4, 0.5) is 0 Å². The second kappa shape index (κ2) is 2.70. The van der Waals surface area contributed by atoms with Crippen LogP contribution in [-0.4, -0.2) is 30.5 Å². The molecule has 13 heavy (non-hydrogen) atoms. The zero-order valence-electron chi connectivity index (χ0n) is 7.02. The molecule has 0 unspecified atom stereocenters. The van der Waals surface area contributed by atoms with Crippen LogP contribution in [0.2, 0.25) is 0 Å². The first-order chi connectivity index (χ1) is 5.90. The normalized spacial score (nSPS) is 32.2. The van der Waals surface area contributed by atoms with Crippen molar-refractivity contribution in [2.75, 3.05) is 5.75 Å². The van der Waals surface area contributed by atoms with Gasteiger partial charge in [-0.1, -0.05) is 6.92 Å². The van der Waals surface area contributed by atoms with Crippen molar-refractivity contribution in [1.82, 2.24) is 0 Å². The van der Waals surface area contributed by atoms with E-state index in [1.165, 1.54) is 6.92 Å². The van der Waals surface area contributed by atoms with Crippen molar-refractivity contribution in [3.05, 3.63) is 0 Å². The van der Waals surface area contributed by atoms with Crippen molar-refractivity contribution in [3.63, 3.8) is 0 Å². The maximum absolute atomic E-state index is 11.2. The average molecular weight is 203 g/mol. The van der Waals surface area contributed by atoms with Crippen LogP contribution in [-0.2, 0) is 14.6 Å². The minimum atomic E-state index is -3.39. The zero-order chi connectivity index (χ0) is 10.3. The van der Waals surface area contributed by atoms with Crippen molar-refractivity contribution < 1.29 is 18.3 Å². The van der Waals surface area contributed by atoms with Gasteiger partial charge in [0.2, 0.25) is 0 Å². The number of carboxylic acid groups (broad SMARTS) is 1. The first-order valence-corrected chi connectivity index (χ1v) is 5.48. The average Bonchev–Trinajstić information content (AvgIpc) is 2.80. The van der Waals surface area contributed by atoms with E-state index in [-0.39, 0.29) is 12.2 Å². The van der Waals surface area contributed by atoms with Crippen molar-refractivity contribution in [1.29, 1.82) is 5.26 Å². The highest BCUT2D eigenvalue weighted by Crippen LogP contribution is 2.50. The minimum Gasteiger partial charge on any atom is -0.480 e. The van der Waals surface area contributed by atoms with E-state index in [1.807, 2.05) is 0 Å². The fourth-order valence-electron chi connectivity index (χ4n) is 1.26. The van der Waals surface area contributed by atoms with Gasteiger partial charge in [0.25, 0.3) is 0 Å². The van der Waals surface area contributed by atoms with E-state index in [1.54, 1.807) is 6.07 Å². The van der Waals surface area contributed by atoms with E-state index in [2.05, 4.69) is 0 Å². The lowest BCUT2D eigenvalue weighted by Crippen LogP contribution is -2.23. The van der Waals surface area contributed by atoms with E-state index in [0.717, 1.165) is 0 Å². The summed E-state index contributed by atoms with van der Waals surface area (Å²) < 4.78 is 22.5. The van der Waals surface area contributed by atoms with Crippen molar-refractivity contribution >= 4 is 15.8 Å². The van der Waals surface area contributed by atoms with Crippen LogP contribution in [0.3, 0.4) is 0 Å². The molecule has 0 aliphatic heterocycles. The van der Waals surface area contributed by atoms with Crippen LogP contribution < -0.4 is 0 Å². The summed E-state index contributed by atoms with van der Waals surface area (Å²) in [6.07, 6.45) is -0.0744. The van der Waals surface area contributed by atoms with Crippen LogP contribution in [0.25, 0.3) is 0 Å². The maximum atomic E-state index is 11.2. The second-order valence-electron chi connectivity index (χ2n) is 3.03. The van der Waals surface area contributed by atoms with Gasteiger partial charge in [-0.3, -0.25) is 4.79 Å². The number of rotatable bonds is 3. The zero-order valence-corrected chi connectivity index (χ0v) is 7.84. The highest BCUT2D eigenvalue weighted by Gasteiger charge is 2.67. The Balaban J connectivity index is 2.97. The van der Waals surface area contributed by atoms with E-state index in [4.69, 9.17) is 10.4 Å². The third-order valence-electron chi connectivity index (χ3n) is 2.31. The minimum absolute atomic E-state index is 0.0744. The molecule has 0 amide bonds. The van der Waals surface area contributed by atoms with Crippen LogP contribution >= 0.6 is 0 Å². The van der Waals surface area contributed by atoms with Crippen molar-refractivity contribution in [2.24, 2.45) is 5.41 Å². The van der Waals surface area contributed by atoms with E-state index < -0.39 is 26.5 Å². The van der Waals surface area contributed by atoms with Crippen LogP contribution in [0, 0.1) is 16.7 Å². The molecule has 1 saturated carbocycles. The molecule has 1 fully saturated rings. The lowest BCUT2D eigenvalue weighted by Gasteiger charge is -2.01. The maximum Gasteiger partial charge on any atom is 0.325 e. The molecule has 2 atom stereocenters. The fraction of sp³-hybridized carbons (Fsp3) is 0.714. The van der Waals surface area contributed by atoms with Crippen LogP contribution in [0.5, 0.6) is 0 Å². The molecule has 0 saturated heterocycles. The van der Waals surface area contributed by atoms with Crippen molar-refractivity contribution in [2.45, 2.75) is 18.6 Å². The predicted molar refractivity (Wildman–Crippen MR) is 43.5 cm³/mol. The van der Waals surface area contributed by atoms with Gasteiger partial charge >= 0.3 is 5.97 Å². The molecule has 0 bridgehead atoms. The van der Waals surface area contributed by atoms with E-state index >= 15 is 0 Å². The first-order valence-electron chi connectivity index (χ1n) is 3.77. The highest BCUT2D eigenvalue weighted by molar-refractivity contribution is 7.92. The van der Waals surface area contributed by atoms with Gasteiger partial charge in [0.05, 0.1) is 11.3 Å². The summed E-state index contributed by atoms with van der Waals surface area (Å²) in [7, 11) is -3.39. The Bertz CT molecular complexity index is 380. The molecular formula is C7H9NO4S. The summed E-state index contributed by atoms with van der Waals surface area (Å²) in [6, 6.07) is 1.56. The summed E-state index contributed by atoms with van der Waals surface area (Å²) >= 11 is 0. The summed E-state index contributed by atoms with van der Waals surface area (Å²) in [5.41, 5.74) is -1.67. The number of nitriles is 1. The Kier molecular flexibility index (Phi) is 2.08. The van der Waals surface area contributed by atoms with Crippen LogP contribution in [0.1, 0.15) is 13.3 Å². The lowest BCUT2D eigenvalue weighted by atomic mass is 10.1. The van der Waals surface area contributed by atoms with Gasteiger partial charge in [0, 0.05) is 5.75 Å². The molecule has 0 spiro atoms. The molecule has 1 N–H and O–H groups in total. The number of hydrogen-bond acceptors (Lipinski definition) is 4. The monoisotopic (exact) mass is 203 g/mol. The predicted octanol–water partition coefficient (Wildman–Crippen LogP) is -0.212. The molecule has 0 aromatic heterocycles. The third kappa shape index (κ3) is 1.29. The quantitative estimate of drug-likeness (QED) is 0.684. The molecule has 0 aromatic rings. The standard InChI is InChI=1S/C7H9NO4S/c1-2-13(11,12)5-3-7(5,4-8)6(9)10/h5H,2-3H2,1H3,(H,9,10)/t5-,7+/m0/s1. The van der Waals surface area contributed by atoms with Gasteiger partial charge in [0.15, 0.2) is 15.3 Å². The Hall–Kier alpha value is -1.09. The molecule has 0 heterocycles. The number of aliphatic carboxylic acids is 1. The van der Waals surface area contributed by atoms with Crippen LogP contribution in [0.15, 0.2) is 0 Å². The fourth-order valence-corrected chi connectivity index (χ4v) is 2.94. The summed E-state index contributed by atoms with van der Waals surface area (Å²) in [5.74, 6) is -1.45. The Morgan fingerprint density at radius 2 is 2.31 bits per heavy atom. The molecule has 1 aliphatic carbocycles. The molecule has 1 aliphatic rings. The van der Waals surface area contributed by atoms with Crippen molar-refractivity contribution in [3.8, 4) is 6.07 Å². The Morgan fingerprint density at radius 3 is 2.54 bits per heavy atom. The number of nitrogens with zero attached hydrogens (tertiary/aromatic N) is 1. The Labute approximate surface area is 75.9 Å². The Morgan fingerprint density at radius 1 is 1.77 bits per heavy atom. The molecule has 0 aromatic carbocycles. The lowest BCUT2D eigenvalue weighted by molar-refractivity contribution is -0.141. The first kappa shape index (κ1) is 9.99. The number of hydrogen-bond donors (Lipinski definition) is 1. The smallest absolute Gasteiger partial charge is 0.325 e. The van der Waals surface area contributed by atoms with Gasteiger partial charge in [-0.2, -0.15) is 5.26 Å². The molecule has 72 valence electrons. The number of carbonyl (C=O) groups is 1. The molecule has 0 radical (unpaired) electrons. The molecule has 6 heteroatoms. The second-order valence-corrected chi connectivity index (χ2v) is 5.50. The number of sulfone groups is 1. The molecule has 1 rings (SSSR count). The van der Waals surface area contributed by atoms with Gasteiger partial charge in [-0.25, -0.2) is 8.42 Å².